The topological polar surface area (TPSA) is 26.3 Å². The van der Waals surface area contributed by atoms with Gasteiger partial charge in [0.05, 0.1) is 6.61 Å². The quantitative estimate of drug-likeness (QED) is 0.393. The zero-order chi connectivity index (χ0) is 13.9. The van der Waals surface area contributed by atoms with Gasteiger partial charge in [0.15, 0.2) is 0 Å². The van der Waals surface area contributed by atoms with Crippen molar-refractivity contribution < 1.29 is 13.9 Å². The lowest BCUT2D eigenvalue weighted by molar-refractivity contribution is -0.141. The van der Waals surface area contributed by atoms with Gasteiger partial charge in [0.2, 0.25) is 0 Å². The second-order valence-corrected chi connectivity index (χ2v) is 5.11. The van der Waals surface area contributed by atoms with E-state index in [1.54, 1.807) is 0 Å². The lowest BCUT2D eigenvalue weighted by atomic mass is 9.90. The minimum atomic E-state index is -1.06. The van der Waals surface area contributed by atoms with Crippen molar-refractivity contribution in [3.05, 3.63) is 0 Å². The molecule has 2 nitrogen and oxygen atoms in total. The zero-order valence-corrected chi connectivity index (χ0v) is 12.3. The molecule has 0 aromatic carbocycles. The summed E-state index contributed by atoms with van der Waals surface area (Å²) >= 11 is 0. The highest BCUT2D eigenvalue weighted by atomic mass is 19.1. The standard InChI is InChI=1S/C15H29FO2/c1-4-6-7-8-9-11-15(16,5-2)12-10-13-18-14(3)17/h4-13H2,1-3H3. The van der Waals surface area contributed by atoms with Crippen LogP contribution >= 0.6 is 0 Å². The van der Waals surface area contributed by atoms with E-state index in [1.807, 2.05) is 6.92 Å². The normalized spacial score (nSPS) is 14.2. The Morgan fingerprint density at radius 1 is 1.06 bits per heavy atom. The molecule has 0 amide bonds. The molecule has 0 fully saturated rings. The maximum atomic E-state index is 14.4. The number of halogens is 1. The van der Waals surface area contributed by atoms with E-state index < -0.39 is 5.67 Å². The predicted molar refractivity (Wildman–Crippen MR) is 73.4 cm³/mol. The van der Waals surface area contributed by atoms with Crippen LogP contribution in [0.25, 0.3) is 0 Å². The molecule has 0 saturated carbocycles. The van der Waals surface area contributed by atoms with Gasteiger partial charge in [0, 0.05) is 6.92 Å². The molecule has 0 N–H and O–H groups in total. The summed E-state index contributed by atoms with van der Waals surface area (Å²) < 4.78 is 19.2. The smallest absolute Gasteiger partial charge is 0.302 e. The maximum Gasteiger partial charge on any atom is 0.302 e. The molecule has 0 rings (SSSR count). The molecular formula is C15H29FO2. The number of hydrogen-bond acceptors (Lipinski definition) is 2. The first-order valence-electron chi connectivity index (χ1n) is 7.36. The molecule has 0 aliphatic heterocycles. The van der Waals surface area contributed by atoms with Crippen molar-refractivity contribution in [3.63, 3.8) is 0 Å². The van der Waals surface area contributed by atoms with Crippen molar-refractivity contribution in [2.45, 2.75) is 84.2 Å². The Hall–Kier alpha value is -0.600. The highest BCUT2D eigenvalue weighted by Crippen LogP contribution is 2.29. The van der Waals surface area contributed by atoms with Crippen molar-refractivity contribution in [1.82, 2.24) is 0 Å². The van der Waals surface area contributed by atoms with E-state index in [1.165, 1.54) is 26.2 Å². The molecule has 0 spiro atoms. The number of alkyl halides is 1. The molecule has 1 unspecified atom stereocenters. The lowest BCUT2D eigenvalue weighted by Crippen LogP contribution is -2.22. The molecular weight excluding hydrogens is 231 g/mol. The number of unbranched alkanes of at least 4 members (excludes halogenated alkanes) is 4. The molecule has 0 radical (unpaired) electrons. The maximum absolute atomic E-state index is 14.4. The average Bonchev–Trinajstić information content (AvgIpc) is 2.34. The first kappa shape index (κ1) is 17.4. The molecule has 1 atom stereocenters. The Bertz CT molecular complexity index is 219. The van der Waals surface area contributed by atoms with Crippen molar-refractivity contribution in [3.8, 4) is 0 Å². The summed E-state index contributed by atoms with van der Waals surface area (Å²) in [4.78, 5) is 10.6. The van der Waals surface area contributed by atoms with Crippen LogP contribution in [0.5, 0.6) is 0 Å². The Morgan fingerprint density at radius 2 is 1.67 bits per heavy atom. The Morgan fingerprint density at radius 3 is 2.22 bits per heavy atom. The van der Waals surface area contributed by atoms with Gasteiger partial charge < -0.3 is 4.74 Å². The minimum Gasteiger partial charge on any atom is -0.466 e. The molecule has 0 bridgehead atoms. The summed E-state index contributed by atoms with van der Waals surface area (Å²) in [6.45, 7) is 5.81. The summed E-state index contributed by atoms with van der Waals surface area (Å²) in [7, 11) is 0. The van der Waals surface area contributed by atoms with Crippen molar-refractivity contribution >= 4 is 5.97 Å². The number of ether oxygens (including phenoxy) is 1. The molecule has 0 heterocycles. The highest BCUT2D eigenvalue weighted by molar-refractivity contribution is 5.65. The number of esters is 1. The summed E-state index contributed by atoms with van der Waals surface area (Å²) in [6, 6.07) is 0. The number of carbonyl (C=O) groups is 1. The summed E-state index contributed by atoms with van der Waals surface area (Å²) in [6.07, 6.45) is 8.11. The zero-order valence-electron chi connectivity index (χ0n) is 12.3. The molecule has 3 heteroatoms. The SMILES string of the molecule is CCCCCCCC(F)(CC)CCCOC(C)=O. The van der Waals surface area contributed by atoms with Gasteiger partial charge in [-0.3, -0.25) is 4.79 Å². The third-order valence-electron chi connectivity index (χ3n) is 3.44. The van der Waals surface area contributed by atoms with Crippen LogP contribution < -0.4 is 0 Å². The van der Waals surface area contributed by atoms with Gasteiger partial charge in [-0.25, -0.2) is 4.39 Å². The Balaban J connectivity index is 3.70. The molecule has 0 aromatic heterocycles. The molecule has 0 saturated heterocycles. The van der Waals surface area contributed by atoms with Crippen LogP contribution in [-0.2, 0) is 9.53 Å². The summed E-state index contributed by atoms with van der Waals surface area (Å²) in [5.41, 5.74) is -1.06. The van der Waals surface area contributed by atoms with Crippen LogP contribution in [0.15, 0.2) is 0 Å². The minimum absolute atomic E-state index is 0.282. The van der Waals surface area contributed by atoms with Gasteiger partial charge in [-0.1, -0.05) is 46.0 Å². The Kier molecular flexibility index (Phi) is 9.99. The first-order valence-corrected chi connectivity index (χ1v) is 7.36. The van der Waals surface area contributed by atoms with E-state index in [9.17, 15) is 9.18 Å². The van der Waals surface area contributed by atoms with Crippen LogP contribution in [0.2, 0.25) is 0 Å². The third kappa shape index (κ3) is 9.43. The second-order valence-electron chi connectivity index (χ2n) is 5.11. The van der Waals surface area contributed by atoms with E-state index in [2.05, 4.69) is 6.92 Å². The average molecular weight is 260 g/mol. The highest BCUT2D eigenvalue weighted by Gasteiger charge is 2.26. The fourth-order valence-electron chi connectivity index (χ4n) is 2.13. The lowest BCUT2D eigenvalue weighted by Gasteiger charge is -2.23. The number of carbonyl (C=O) groups excluding carboxylic acids is 1. The third-order valence-corrected chi connectivity index (χ3v) is 3.44. The summed E-state index contributed by atoms with van der Waals surface area (Å²) in [5, 5.41) is 0. The molecule has 108 valence electrons. The van der Waals surface area contributed by atoms with E-state index in [0.29, 0.717) is 32.3 Å². The molecule has 0 aliphatic carbocycles. The van der Waals surface area contributed by atoms with Gasteiger partial charge in [0.25, 0.3) is 0 Å². The number of hydrogen-bond donors (Lipinski definition) is 0. The molecule has 18 heavy (non-hydrogen) atoms. The van der Waals surface area contributed by atoms with Gasteiger partial charge in [-0.05, 0) is 25.7 Å². The fraction of sp³-hybridized carbons (Fsp3) is 0.933. The molecule has 0 aromatic rings. The van der Waals surface area contributed by atoms with Crippen molar-refractivity contribution in [2.75, 3.05) is 6.61 Å². The van der Waals surface area contributed by atoms with Crippen molar-refractivity contribution in [2.24, 2.45) is 0 Å². The van der Waals surface area contributed by atoms with Crippen LogP contribution in [0.4, 0.5) is 4.39 Å². The second kappa shape index (κ2) is 10.3. The van der Waals surface area contributed by atoms with E-state index in [0.717, 1.165) is 12.8 Å². The van der Waals surface area contributed by atoms with Gasteiger partial charge in [0.1, 0.15) is 5.67 Å². The van der Waals surface area contributed by atoms with Crippen LogP contribution in [0, 0.1) is 0 Å². The fourth-order valence-corrected chi connectivity index (χ4v) is 2.13. The van der Waals surface area contributed by atoms with Crippen molar-refractivity contribution in [1.29, 1.82) is 0 Å². The van der Waals surface area contributed by atoms with E-state index in [4.69, 9.17) is 4.74 Å². The molecule has 0 aliphatic rings. The summed E-state index contributed by atoms with van der Waals surface area (Å²) in [5.74, 6) is -0.282. The number of rotatable bonds is 11. The monoisotopic (exact) mass is 260 g/mol. The van der Waals surface area contributed by atoms with E-state index in [-0.39, 0.29) is 5.97 Å². The predicted octanol–water partition coefficient (Wildman–Crippen LogP) is 4.81. The van der Waals surface area contributed by atoms with Crippen LogP contribution in [0.3, 0.4) is 0 Å². The Labute approximate surface area is 111 Å². The van der Waals surface area contributed by atoms with Gasteiger partial charge in [-0.2, -0.15) is 0 Å². The first-order chi connectivity index (χ1) is 8.54. The van der Waals surface area contributed by atoms with Gasteiger partial charge in [-0.15, -0.1) is 0 Å². The largest absolute Gasteiger partial charge is 0.466 e. The van der Waals surface area contributed by atoms with Crippen LogP contribution in [-0.4, -0.2) is 18.2 Å². The van der Waals surface area contributed by atoms with Gasteiger partial charge >= 0.3 is 5.97 Å². The van der Waals surface area contributed by atoms with E-state index >= 15 is 0 Å². The van der Waals surface area contributed by atoms with Crippen LogP contribution in [0.1, 0.15) is 78.6 Å².